The number of aromatic nitrogens is 2. The van der Waals surface area contributed by atoms with Crippen molar-refractivity contribution in [3.05, 3.63) is 52.8 Å². The number of aryl methyl sites for hydroxylation is 3. The first kappa shape index (κ1) is 10.9. The number of benzene rings is 1. The summed E-state index contributed by atoms with van der Waals surface area (Å²) < 4.78 is 1.72. The molecule has 1 aromatic carbocycles. The van der Waals surface area contributed by atoms with Crippen molar-refractivity contribution in [2.45, 2.75) is 20.0 Å². The molecule has 3 nitrogen and oxygen atoms in total. The van der Waals surface area contributed by atoms with Gasteiger partial charge in [-0.25, -0.2) is 0 Å². The number of hydrogen-bond donors (Lipinski definition) is 1. The molecule has 84 valence electrons. The molecule has 0 saturated carbocycles. The lowest BCUT2D eigenvalue weighted by Crippen LogP contribution is -2.00. The molecule has 2 aromatic rings. The van der Waals surface area contributed by atoms with Crippen LogP contribution in [0.25, 0.3) is 0 Å². The third-order valence-electron chi connectivity index (χ3n) is 2.74. The van der Waals surface area contributed by atoms with E-state index < -0.39 is 6.10 Å². The molecule has 0 spiro atoms. The Hall–Kier alpha value is -1.61. The quantitative estimate of drug-likeness (QED) is 0.835. The van der Waals surface area contributed by atoms with Crippen LogP contribution in [0.4, 0.5) is 0 Å². The highest BCUT2D eigenvalue weighted by atomic mass is 16.3. The molecule has 1 N–H and O–H groups in total. The normalized spacial score (nSPS) is 12.8. The van der Waals surface area contributed by atoms with Crippen molar-refractivity contribution in [1.29, 1.82) is 0 Å². The van der Waals surface area contributed by atoms with Crippen molar-refractivity contribution < 1.29 is 5.11 Å². The number of nitrogens with zero attached hydrogens (tertiary/aromatic N) is 2. The monoisotopic (exact) mass is 216 g/mol. The van der Waals surface area contributed by atoms with Gasteiger partial charge in [-0.05, 0) is 19.4 Å². The van der Waals surface area contributed by atoms with Gasteiger partial charge < -0.3 is 5.11 Å². The lowest BCUT2D eigenvalue weighted by Gasteiger charge is -2.10. The Morgan fingerprint density at radius 2 is 1.81 bits per heavy atom. The number of hydrogen-bond acceptors (Lipinski definition) is 2. The highest BCUT2D eigenvalue weighted by Crippen LogP contribution is 2.23. The smallest absolute Gasteiger partial charge is 0.107 e. The number of aliphatic hydroxyl groups excluding tert-OH is 1. The van der Waals surface area contributed by atoms with Crippen LogP contribution >= 0.6 is 0 Å². The fourth-order valence-corrected chi connectivity index (χ4v) is 1.81. The topological polar surface area (TPSA) is 38.0 Å². The Labute approximate surface area is 95.3 Å². The Balaban J connectivity index is 2.35. The summed E-state index contributed by atoms with van der Waals surface area (Å²) in [4.78, 5) is 0. The fraction of sp³-hybridized carbons (Fsp3) is 0.308. The van der Waals surface area contributed by atoms with Gasteiger partial charge in [0.1, 0.15) is 6.10 Å². The first-order chi connectivity index (χ1) is 7.58. The highest BCUT2D eigenvalue weighted by molar-refractivity contribution is 5.32. The lowest BCUT2D eigenvalue weighted by atomic mass is 10.0. The van der Waals surface area contributed by atoms with E-state index in [1.165, 1.54) is 5.56 Å². The van der Waals surface area contributed by atoms with Crippen LogP contribution < -0.4 is 0 Å². The molecule has 2 rings (SSSR count). The second-order valence-electron chi connectivity index (χ2n) is 4.16. The third kappa shape index (κ3) is 1.99. The molecule has 0 aliphatic rings. The van der Waals surface area contributed by atoms with Crippen LogP contribution in [0, 0.1) is 13.8 Å². The van der Waals surface area contributed by atoms with Crippen LogP contribution in [0.3, 0.4) is 0 Å². The molecule has 1 heterocycles. The Kier molecular flexibility index (Phi) is 2.79. The molecule has 1 atom stereocenters. The summed E-state index contributed by atoms with van der Waals surface area (Å²) in [5.41, 5.74) is 3.84. The molecule has 16 heavy (non-hydrogen) atoms. The van der Waals surface area contributed by atoms with E-state index >= 15 is 0 Å². The van der Waals surface area contributed by atoms with E-state index in [9.17, 15) is 5.11 Å². The van der Waals surface area contributed by atoms with E-state index in [0.29, 0.717) is 0 Å². The molecule has 1 unspecified atom stereocenters. The van der Waals surface area contributed by atoms with Crippen LogP contribution in [0.15, 0.2) is 30.5 Å². The van der Waals surface area contributed by atoms with E-state index in [-0.39, 0.29) is 0 Å². The van der Waals surface area contributed by atoms with Crippen molar-refractivity contribution in [3.63, 3.8) is 0 Å². The summed E-state index contributed by atoms with van der Waals surface area (Å²) in [6, 6.07) is 7.91. The summed E-state index contributed by atoms with van der Waals surface area (Å²) in [5, 5.41) is 14.5. The standard InChI is InChI=1S/C13H16N2O/c1-9-4-6-11(7-5-9)13(16)12-8-15(3)14-10(12)2/h4-8,13,16H,1-3H3. The van der Waals surface area contributed by atoms with E-state index in [2.05, 4.69) is 5.10 Å². The molecule has 1 aromatic heterocycles. The third-order valence-corrected chi connectivity index (χ3v) is 2.74. The van der Waals surface area contributed by atoms with E-state index in [1.54, 1.807) is 4.68 Å². The van der Waals surface area contributed by atoms with Crippen LogP contribution in [0.1, 0.15) is 28.5 Å². The van der Waals surface area contributed by atoms with Gasteiger partial charge in [0.2, 0.25) is 0 Å². The van der Waals surface area contributed by atoms with Crippen molar-refractivity contribution in [2.24, 2.45) is 7.05 Å². The SMILES string of the molecule is Cc1ccc(C(O)c2cn(C)nc2C)cc1. The predicted molar refractivity (Wildman–Crippen MR) is 63.2 cm³/mol. The van der Waals surface area contributed by atoms with Crippen molar-refractivity contribution in [3.8, 4) is 0 Å². The molecule has 0 radical (unpaired) electrons. The minimum atomic E-state index is -0.589. The van der Waals surface area contributed by atoms with E-state index in [4.69, 9.17) is 0 Å². The summed E-state index contributed by atoms with van der Waals surface area (Å²) in [6.45, 7) is 3.94. The maximum Gasteiger partial charge on any atom is 0.107 e. The maximum absolute atomic E-state index is 10.2. The minimum Gasteiger partial charge on any atom is -0.384 e. The Bertz CT molecular complexity index is 485. The van der Waals surface area contributed by atoms with Crippen LogP contribution in [0.2, 0.25) is 0 Å². The molecule has 0 saturated heterocycles. The van der Waals surface area contributed by atoms with Gasteiger partial charge in [-0.2, -0.15) is 5.10 Å². The second-order valence-corrected chi connectivity index (χ2v) is 4.16. The van der Waals surface area contributed by atoms with E-state index in [0.717, 1.165) is 16.8 Å². The van der Waals surface area contributed by atoms with Gasteiger partial charge in [0.25, 0.3) is 0 Å². The van der Waals surface area contributed by atoms with Gasteiger partial charge in [0, 0.05) is 18.8 Å². The van der Waals surface area contributed by atoms with Gasteiger partial charge in [-0.1, -0.05) is 29.8 Å². The average Bonchev–Trinajstić information content (AvgIpc) is 2.58. The van der Waals surface area contributed by atoms with Gasteiger partial charge >= 0.3 is 0 Å². The zero-order valence-electron chi connectivity index (χ0n) is 9.81. The Morgan fingerprint density at radius 1 is 1.19 bits per heavy atom. The lowest BCUT2D eigenvalue weighted by molar-refractivity contribution is 0.219. The van der Waals surface area contributed by atoms with Crippen LogP contribution in [0.5, 0.6) is 0 Å². The van der Waals surface area contributed by atoms with Gasteiger partial charge in [0.05, 0.1) is 5.69 Å². The first-order valence-electron chi connectivity index (χ1n) is 5.32. The zero-order valence-corrected chi connectivity index (χ0v) is 9.81. The summed E-state index contributed by atoms with van der Waals surface area (Å²) in [5.74, 6) is 0. The predicted octanol–water partition coefficient (Wildman–Crippen LogP) is 2.12. The molecule has 0 aliphatic heterocycles. The molecular formula is C13H16N2O. The number of aliphatic hydroxyl groups is 1. The highest BCUT2D eigenvalue weighted by Gasteiger charge is 2.15. The average molecular weight is 216 g/mol. The largest absolute Gasteiger partial charge is 0.384 e. The molecular weight excluding hydrogens is 200 g/mol. The summed E-state index contributed by atoms with van der Waals surface area (Å²) in [7, 11) is 1.86. The Morgan fingerprint density at radius 3 is 2.31 bits per heavy atom. The van der Waals surface area contributed by atoms with Gasteiger partial charge in [0.15, 0.2) is 0 Å². The summed E-state index contributed by atoms with van der Waals surface area (Å²) in [6.07, 6.45) is 1.27. The van der Waals surface area contributed by atoms with Crippen LogP contribution in [-0.4, -0.2) is 14.9 Å². The van der Waals surface area contributed by atoms with Crippen molar-refractivity contribution in [2.75, 3.05) is 0 Å². The molecule has 0 bridgehead atoms. The molecule has 3 heteroatoms. The molecule has 0 fully saturated rings. The molecule has 0 amide bonds. The maximum atomic E-state index is 10.2. The zero-order chi connectivity index (χ0) is 11.7. The summed E-state index contributed by atoms with van der Waals surface area (Å²) >= 11 is 0. The van der Waals surface area contributed by atoms with E-state index in [1.807, 2.05) is 51.4 Å². The van der Waals surface area contributed by atoms with Gasteiger partial charge in [-0.15, -0.1) is 0 Å². The minimum absolute atomic E-state index is 0.589. The second kappa shape index (κ2) is 4.10. The van der Waals surface area contributed by atoms with Crippen molar-refractivity contribution in [1.82, 2.24) is 9.78 Å². The first-order valence-corrected chi connectivity index (χ1v) is 5.32. The molecule has 0 aliphatic carbocycles. The number of rotatable bonds is 2. The van der Waals surface area contributed by atoms with Crippen molar-refractivity contribution >= 4 is 0 Å². The van der Waals surface area contributed by atoms with Gasteiger partial charge in [-0.3, -0.25) is 4.68 Å². The fourth-order valence-electron chi connectivity index (χ4n) is 1.81. The van der Waals surface area contributed by atoms with Crippen LogP contribution in [-0.2, 0) is 7.05 Å².